The highest BCUT2D eigenvalue weighted by molar-refractivity contribution is 5.18. The summed E-state index contributed by atoms with van der Waals surface area (Å²) in [5.41, 5.74) is 1.28. The zero-order chi connectivity index (χ0) is 12.2. The Hall–Kier alpha value is -1.64. The lowest BCUT2D eigenvalue weighted by molar-refractivity contribution is 0.429. The van der Waals surface area contributed by atoms with Crippen LogP contribution in [0, 0.1) is 0 Å². The molecule has 1 N–H and O–H groups in total. The number of benzene rings is 1. The largest absolute Gasteiger partial charge is 0.263 e. The van der Waals surface area contributed by atoms with Crippen molar-refractivity contribution in [2.45, 2.75) is 44.4 Å². The Labute approximate surface area is 108 Å². The minimum Gasteiger partial charge on any atom is -0.263 e. The van der Waals surface area contributed by atoms with Crippen LogP contribution in [0.3, 0.4) is 0 Å². The molecule has 0 saturated heterocycles. The Bertz CT molecular complexity index is 483. The highest BCUT2D eigenvalue weighted by atomic mass is 15.2. The highest BCUT2D eigenvalue weighted by Gasteiger charge is 2.19. The molecule has 0 aliphatic heterocycles. The first-order chi connectivity index (χ1) is 8.92. The van der Waals surface area contributed by atoms with Crippen LogP contribution >= 0.6 is 0 Å². The van der Waals surface area contributed by atoms with Gasteiger partial charge in [0.2, 0.25) is 0 Å². The zero-order valence-electron chi connectivity index (χ0n) is 10.6. The van der Waals surface area contributed by atoms with Gasteiger partial charge in [-0.3, -0.25) is 5.10 Å². The number of hydrogen-bond donors (Lipinski definition) is 1. The highest BCUT2D eigenvalue weighted by Crippen LogP contribution is 2.30. The summed E-state index contributed by atoms with van der Waals surface area (Å²) in [7, 11) is 0. The summed E-state index contributed by atoms with van der Waals surface area (Å²) in [6, 6.07) is 10.4. The standard InChI is InChI=1S/C15H19N3/c1-3-7-12(8-4-1)11-14-16-15(18-17-14)13-9-5-2-6-10-13/h1,3-4,7-8,13H,2,5-6,9-11H2,(H,16,17,18). The van der Waals surface area contributed by atoms with E-state index >= 15 is 0 Å². The molecular formula is C15H19N3. The lowest BCUT2D eigenvalue weighted by Gasteiger charge is -2.17. The van der Waals surface area contributed by atoms with Gasteiger partial charge in [0.25, 0.3) is 0 Å². The van der Waals surface area contributed by atoms with Crippen molar-refractivity contribution in [1.82, 2.24) is 15.2 Å². The molecule has 0 bridgehead atoms. The van der Waals surface area contributed by atoms with E-state index in [9.17, 15) is 0 Å². The van der Waals surface area contributed by atoms with E-state index in [-0.39, 0.29) is 0 Å². The molecule has 3 heteroatoms. The van der Waals surface area contributed by atoms with Gasteiger partial charge in [0.1, 0.15) is 5.82 Å². The second-order valence-electron chi connectivity index (χ2n) is 5.14. The van der Waals surface area contributed by atoms with E-state index in [2.05, 4.69) is 39.4 Å². The van der Waals surface area contributed by atoms with Crippen LogP contribution in [0.25, 0.3) is 0 Å². The Morgan fingerprint density at radius 2 is 1.83 bits per heavy atom. The number of nitrogens with one attached hydrogen (secondary N) is 1. The Balaban J connectivity index is 1.69. The van der Waals surface area contributed by atoms with Gasteiger partial charge in [0, 0.05) is 12.3 Å². The maximum Gasteiger partial charge on any atom is 0.153 e. The molecule has 1 heterocycles. The average Bonchev–Trinajstić information content (AvgIpc) is 2.89. The first-order valence-corrected chi connectivity index (χ1v) is 6.87. The Morgan fingerprint density at radius 3 is 2.61 bits per heavy atom. The summed E-state index contributed by atoms with van der Waals surface area (Å²) in [5.74, 6) is 2.60. The van der Waals surface area contributed by atoms with Crippen molar-refractivity contribution in [2.75, 3.05) is 0 Å². The van der Waals surface area contributed by atoms with Crippen molar-refractivity contribution in [3.63, 3.8) is 0 Å². The van der Waals surface area contributed by atoms with Crippen LogP contribution < -0.4 is 0 Å². The molecule has 1 aliphatic rings. The lowest BCUT2D eigenvalue weighted by Crippen LogP contribution is -2.06. The summed E-state index contributed by atoms with van der Waals surface area (Å²) in [6.45, 7) is 0. The number of nitrogens with zero attached hydrogens (tertiary/aromatic N) is 2. The predicted octanol–water partition coefficient (Wildman–Crippen LogP) is 3.44. The molecular weight excluding hydrogens is 222 g/mol. The van der Waals surface area contributed by atoms with Crippen molar-refractivity contribution >= 4 is 0 Å². The van der Waals surface area contributed by atoms with Crippen molar-refractivity contribution in [1.29, 1.82) is 0 Å². The van der Waals surface area contributed by atoms with E-state index in [1.807, 2.05) is 6.07 Å². The minimum atomic E-state index is 0.583. The monoisotopic (exact) mass is 241 g/mol. The van der Waals surface area contributed by atoms with Crippen LogP contribution in [0.2, 0.25) is 0 Å². The molecule has 3 rings (SSSR count). The summed E-state index contributed by atoms with van der Waals surface area (Å²) in [6.07, 6.45) is 7.38. The van der Waals surface area contributed by atoms with Crippen LogP contribution in [0.1, 0.15) is 55.2 Å². The quantitative estimate of drug-likeness (QED) is 0.894. The fourth-order valence-corrected chi connectivity index (χ4v) is 2.72. The van der Waals surface area contributed by atoms with Crippen LogP contribution in [0.4, 0.5) is 0 Å². The maximum atomic E-state index is 4.66. The molecule has 3 nitrogen and oxygen atoms in total. The van der Waals surface area contributed by atoms with E-state index in [1.54, 1.807) is 0 Å². The molecule has 1 fully saturated rings. The van der Waals surface area contributed by atoms with Crippen molar-refractivity contribution in [2.24, 2.45) is 0 Å². The van der Waals surface area contributed by atoms with Gasteiger partial charge in [-0.1, -0.05) is 49.6 Å². The number of aromatic nitrogens is 3. The van der Waals surface area contributed by atoms with E-state index in [4.69, 9.17) is 0 Å². The predicted molar refractivity (Wildman–Crippen MR) is 71.5 cm³/mol. The molecule has 18 heavy (non-hydrogen) atoms. The molecule has 0 atom stereocenters. The van der Waals surface area contributed by atoms with Crippen LogP contribution in [-0.2, 0) is 6.42 Å². The molecule has 2 aromatic rings. The number of rotatable bonds is 3. The van der Waals surface area contributed by atoms with Gasteiger partial charge in [0.05, 0.1) is 0 Å². The van der Waals surface area contributed by atoms with Gasteiger partial charge in [-0.25, -0.2) is 4.98 Å². The molecule has 94 valence electrons. The molecule has 0 spiro atoms. The first kappa shape index (κ1) is 11.5. The molecule has 0 unspecified atom stereocenters. The van der Waals surface area contributed by atoms with Crippen molar-refractivity contribution in [3.05, 3.63) is 47.5 Å². The van der Waals surface area contributed by atoms with Gasteiger partial charge in [-0.05, 0) is 18.4 Å². The van der Waals surface area contributed by atoms with E-state index < -0.39 is 0 Å². The number of H-pyrrole nitrogens is 1. The second-order valence-corrected chi connectivity index (χ2v) is 5.14. The normalized spacial score (nSPS) is 16.9. The van der Waals surface area contributed by atoms with E-state index in [1.165, 1.54) is 37.7 Å². The molecule has 0 radical (unpaired) electrons. The van der Waals surface area contributed by atoms with E-state index in [0.29, 0.717) is 5.92 Å². The van der Waals surface area contributed by atoms with Gasteiger partial charge in [0.15, 0.2) is 5.82 Å². The maximum absolute atomic E-state index is 4.66. The second kappa shape index (κ2) is 5.34. The molecule has 1 aromatic carbocycles. The third-order valence-electron chi connectivity index (χ3n) is 3.73. The molecule has 1 saturated carbocycles. The third-order valence-corrected chi connectivity index (χ3v) is 3.73. The van der Waals surface area contributed by atoms with Crippen LogP contribution in [0.5, 0.6) is 0 Å². The van der Waals surface area contributed by atoms with Crippen LogP contribution in [0.15, 0.2) is 30.3 Å². The lowest BCUT2D eigenvalue weighted by atomic mass is 9.89. The molecule has 1 aromatic heterocycles. The number of hydrogen-bond acceptors (Lipinski definition) is 2. The minimum absolute atomic E-state index is 0.583. The van der Waals surface area contributed by atoms with Crippen molar-refractivity contribution in [3.8, 4) is 0 Å². The third kappa shape index (κ3) is 2.61. The summed E-state index contributed by atoms with van der Waals surface area (Å²) >= 11 is 0. The van der Waals surface area contributed by atoms with Crippen molar-refractivity contribution < 1.29 is 0 Å². The van der Waals surface area contributed by atoms with E-state index in [0.717, 1.165) is 18.1 Å². The molecule has 0 amide bonds. The van der Waals surface area contributed by atoms with Gasteiger partial charge >= 0.3 is 0 Å². The zero-order valence-corrected chi connectivity index (χ0v) is 10.6. The van der Waals surface area contributed by atoms with Gasteiger partial charge in [-0.15, -0.1) is 0 Å². The molecule has 1 aliphatic carbocycles. The fraction of sp³-hybridized carbons (Fsp3) is 0.467. The first-order valence-electron chi connectivity index (χ1n) is 6.87. The SMILES string of the molecule is c1ccc(Cc2nc(C3CCCCC3)n[nH]2)cc1. The van der Waals surface area contributed by atoms with Gasteiger partial charge < -0.3 is 0 Å². The summed E-state index contributed by atoms with van der Waals surface area (Å²) in [5, 5.41) is 7.49. The Morgan fingerprint density at radius 1 is 1.06 bits per heavy atom. The van der Waals surface area contributed by atoms with Crippen LogP contribution in [-0.4, -0.2) is 15.2 Å². The summed E-state index contributed by atoms with van der Waals surface area (Å²) in [4.78, 5) is 4.66. The smallest absolute Gasteiger partial charge is 0.153 e. The van der Waals surface area contributed by atoms with Gasteiger partial charge in [-0.2, -0.15) is 5.10 Å². The fourth-order valence-electron chi connectivity index (χ4n) is 2.72. The topological polar surface area (TPSA) is 41.6 Å². The number of aromatic amines is 1. The summed E-state index contributed by atoms with van der Waals surface area (Å²) < 4.78 is 0. The average molecular weight is 241 g/mol. The Kier molecular flexibility index (Phi) is 3.40.